The summed E-state index contributed by atoms with van der Waals surface area (Å²) >= 11 is 0. The molecule has 0 fully saturated rings. The number of phosphoric ester groups is 2. The van der Waals surface area contributed by atoms with Crippen molar-refractivity contribution in [2.45, 2.75) is 374 Å². The fourth-order valence-corrected chi connectivity index (χ4v) is 12.2. The van der Waals surface area contributed by atoms with Gasteiger partial charge in [0.2, 0.25) is 0 Å². The molecular weight excluding hydrogens is 1170 g/mol. The third-order valence-electron chi connectivity index (χ3n) is 16.2. The number of carbonyl (C=O) groups is 4. The molecule has 528 valence electrons. The van der Waals surface area contributed by atoms with E-state index in [4.69, 9.17) is 37.0 Å². The van der Waals surface area contributed by atoms with Gasteiger partial charge in [-0.1, -0.05) is 305 Å². The molecule has 5 atom stereocenters. The maximum absolute atomic E-state index is 13.0. The minimum atomic E-state index is -4.95. The van der Waals surface area contributed by atoms with E-state index in [1.807, 2.05) is 0 Å². The molecule has 0 heterocycles. The predicted octanol–water partition coefficient (Wildman–Crippen LogP) is 20.0. The highest BCUT2D eigenvalue weighted by atomic mass is 31.2. The van der Waals surface area contributed by atoms with Crippen molar-refractivity contribution in [2.75, 3.05) is 39.6 Å². The Morgan fingerprint density at radius 2 is 0.517 bits per heavy atom. The van der Waals surface area contributed by atoms with Crippen LogP contribution in [0.5, 0.6) is 0 Å². The topological polar surface area (TPSA) is 237 Å². The SMILES string of the molecule is CCCCCCCCCCCCCC(=O)OC[C@H](COP(=O)(O)OC[C@@H](O)COP(=O)(O)OC[C@@H](COC(=O)CCCCCCCCC(C)C)OC(=O)CCCCCCCCCCCC)OC(=O)CCCCCCCCCCCCCCCCCCC(C)C. The smallest absolute Gasteiger partial charge is 0.462 e. The van der Waals surface area contributed by atoms with Crippen molar-refractivity contribution >= 4 is 39.5 Å². The summed E-state index contributed by atoms with van der Waals surface area (Å²) in [4.78, 5) is 72.4. The molecule has 0 spiro atoms. The number of ether oxygens (including phenoxy) is 4. The molecule has 0 aromatic rings. The molecule has 17 nitrogen and oxygen atoms in total. The standard InChI is InChI=1S/C70H136O17P2/c1-7-9-11-13-15-17-25-30-33-40-46-52-67(72)80-58-65(86-70(75)55-49-43-35-31-27-24-22-20-19-21-23-26-28-32-38-44-50-62(3)4)60-84-88(76,77)82-56-64(71)57-83-89(78,79)85-61-66(59-81-68(73)53-47-41-37-36-39-45-51-63(5)6)87-69(74)54-48-42-34-29-18-16-14-12-10-8-2/h62-66,71H,7-61H2,1-6H3,(H,76,77)(H,78,79)/t64-,65-,66-/m1/s1. The summed E-state index contributed by atoms with van der Waals surface area (Å²) in [7, 11) is -9.89. The molecule has 0 amide bonds. The van der Waals surface area contributed by atoms with Gasteiger partial charge < -0.3 is 33.8 Å². The quantitative estimate of drug-likeness (QED) is 0.0222. The van der Waals surface area contributed by atoms with Crippen LogP contribution in [0.25, 0.3) is 0 Å². The van der Waals surface area contributed by atoms with Crippen molar-refractivity contribution in [3.05, 3.63) is 0 Å². The van der Waals surface area contributed by atoms with Crippen LogP contribution in [0.1, 0.15) is 356 Å². The maximum atomic E-state index is 13.0. The highest BCUT2D eigenvalue weighted by Gasteiger charge is 2.30. The normalized spacial score (nSPS) is 14.1. The van der Waals surface area contributed by atoms with Crippen LogP contribution < -0.4 is 0 Å². The number of hydrogen-bond acceptors (Lipinski definition) is 15. The van der Waals surface area contributed by atoms with Gasteiger partial charge in [-0.2, -0.15) is 0 Å². The Labute approximate surface area is 543 Å². The van der Waals surface area contributed by atoms with Gasteiger partial charge in [0.1, 0.15) is 19.3 Å². The number of hydrogen-bond donors (Lipinski definition) is 3. The fraction of sp³-hybridized carbons (Fsp3) is 0.943. The van der Waals surface area contributed by atoms with E-state index in [0.29, 0.717) is 31.6 Å². The van der Waals surface area contributed by atoms with E-state index in [-0.39, 0.29) is 25.7 Å². The summed E-state index contributed by atoms with van der Waals surface area (Å²) in [5, 5.41) is 10.6. The first-order valence-corrected chi connectivity index (χ1v) is 39.5. The molecule has 0 aliphatic heterocycles. The highest BCUT2D eigenvalue weighted by molar-refractivity contribution is 7.47. The predicted molar refractivity (Wildman–Crippen MR) is 358 cm³/mol. The van der Waals surface area contributed by atoms with Gasteiger partial charge in [0.15, 0.2) is 12.2 Å². The van der Waals surface area contributed by atoms with Gasteiger partial charge in [-0.15, -0.1) is 0 Å². The summed E-state index contributed by atoms with van der Waals surface area (Å²) in [6.45, 7) is 9.48. The summed E-state index contributed by atoms with van der Waals surface area (Å²) in [5.74, 6) is -0.637. The van der Waals surface area contributed by atoms with Crippen LogP contribution in [0.4, 0.5) is 0 Å². The maximum Gasteiger partial charge on any atom is 0.472 e. The lowest BCUT2D eigenvalue weighted by atomic mass is 10.0. The molecule has 0 aliphatic carbocycles. The Hall–Kier alpha value is -1.94. The Kier molecular flexibility index (Phi) is 60.8. The average Bonchev–Trinajstić information content (AvgIpc) is 3.71. The van der Waals surface area contributed by atoms with Gasteiger partial charge in [0, 0.05) is 25.7 Å². The van der Waals surface area contributed by atoms with Crippen molar-refractivity contribution < 1.29 is 80.2 Å². The van der Waals surface area contributed by atoms with E-state index in [9.17, 15) is 43.2 Å². The van der Waals surface area contributed by atoms with Crippen LogP contribution in [0, 0.1) is 11.8 Å². The molecule has 0 aliphatic rings. The number of unbranched alkanes of at least 4 members (excludes halogenated alkanes) is 39. The number of carbonyl (C=O) groups excluding carboxylic acids is 4. The summed E-state index contributed by atoms with van der Waals surface area (Å²) < 4.78 is 68.2. The Balaban J connectivity index is 5.18. The summed E-state index contributed by atoms with van der Waals surface area (Å²) in [6, 6.07) is 0. The first kappa shape index (κ1) is 87.1. The second-order valence-electron chi connectivity index (χ2n) is 26.2. The van der Waals surface area contributed by atoms with E-state index in [2.05, 4.69) is 41.5 Å². The molecule has 0 saturated heterocycles. The highest BCUT2D eigenvalue weighted by Crippen LogP contribution is 2.45. The van der Waals surface area contributed by atoms with Crippen LogP contribution in [-0.4, -0.2) is 96.7 Å². The van der Waals surface area contributed by atoms with Gasteiger partial charge >= 0.3 is 39.5 Å². The van der Waals surface area contributed by atoms with Crippen molar-refractivity contribution in [1.29, 1.82) is 0 Å². The van der Waals surface area contributed by atoms with Gasteiger partial charge in [0.25, 0.3) is 0 Å². The van der Waals surface area contributed by atoms with Crippen molar-refractivity contribution in [2.24, 2.45) is 11.8 Å². The van der Waals surface area contributed by atoms with Crippen molar-refractivity contribution in [1.82, 2.24) is 0 Å². The zero-order valence-electron chi connectivity index (χ0n) is 57.7. The Morgan fingerprint density at radius 3 is 0.764 bits per heavy atom. The molecule has 2 unspecified atom stereocenters. The van der Waals surface area contributed by atoms with Crippen LogP contribution in [0.3, 0.4) is 0 Å². The molecule has 0 saturated carbocycles. The summed E-state index contributed by atoms with van der Waals surface area (Å²) in [5.41, 5.74) is 0. The number of phosphoric acid groups is 2. The first-order chi connectivity index (χ1) is 42.9. The lowest BCUT2D eigenvalue weighted by Crippen LogP contribution is -2.30. The average molecular weight is 1310 g/mol. The molecule has 0 radical (unpaired) electrons. The van der Waals surface area contributed by atoms with Crippen LogP contribution in [0.15, 0.2) is 0 Å². The third-order valence-corrected chi connectivity index (χ3v) is 18.1. The van der Waals surface area contributed by atoms with Gasteiger partial charge in [0.05, 0.1) is 26.4 Å². The molecule has 3 N–H and O–H groups in total. The lowest BCUT2D eigenvalue weighted by Gasteiger charge is -2.21. The minimum absolute atomic E-state index is 0.105. The van der Waals surface area contributed by atoms with E-state index >= 15 is 0 Å². The van der Waals surface area contributed by atoms with E-state index in [1.54, 1.807) is 0 Å². The Morgan fingerprint density at radius 1 is 0.303 bits per heavy atom. The summed E-state index contributed by atoms with van der Waals surface area (Å²) in [6.07, 6.45) is 47.3. The molecule has 0 rings (SSSR count). The Bertz CT molecular complexity index is 1730. The van der Waals surface area contributed by atoms with Crippen LogP contribution in [0.2, 0.25) is 0 Å². The molecule has 19 heteroatoms. The monoisotopic (exact) mass is 1310 g/mol. The number of esters is 4. The number of aliphatic hydroxyl groups excluding tert-OH is 1. The van der Waals surface area contributed by atoms with Crippen molar-refractivity contribution in [3.8, 4) is 0 Å². The molecule has 89 heavy (non-hydrogen) atoms. The first-order valence-electron chi connectivity index (χ1n) is 36.5. The van der Waals surface area contributed by atoms with Crippen LogP contribution >= 0.6 is 15.6 Å². The second kappa shape index (κ2) is 62.2. The third kappa shape index (κ3) is 64.6. The zero-order valence-corrected chi connectivity index (χ0v) is 59.5. The molecule has 0 bridgehead atoms. The molecular formula is C70H136O17P2. The van der Waals surface area contributed by atoms with E-state index in [1.165, 1.54) is 167 Å². The van der Waals surface area contributed by atoms with Gasteiger partial charge in [-0.05, 0) is 37.5 Å². The van der Waals surface area contributed by atoms with E-state index < -0.39 is 97.5 Å². The van der Waals surface area contributed by atoms with Gasteiger partial charge in [-0.3, -0.25) is 37.3 Å². The van der Waals surface area contributed by atoms with Crippen LogP contribution in [-0.2, 0) is 65.4 Å². The molecule has 0 aromatic heterocycles. The van der Waals surface area contributed by atoms with Crippen molar-refractivity contribution in [3.63, 3.8) is 0 Å². The number of rotatable bonds is 69. The zero-order chi connectivity index (χ0) is 65.7. The fourth-order valence-electron chi connectivity index (χ4n) is 10.6. The minimum Gasteiger partial charge on any atom is -0.462 e. The van der Waals surface area contributed by atoms with Gasteiger partial charge in [-0.25, -0.2) is 9.13 Å². The number of aliphatic hydroxyl groups is 1. The largest absolute Gasteiger partial charge is 0.472 e. The second-order valence-corrected chi connectivity index (χ2v) is 29.1. The lowest BCUT2D eigenvalue weighted by molar-refractivity contribution is -0.161. The molecule has 0 aromatic carbocycles. The van der Waals surface area contributed by atoms with E-state index in [0.717, 1.165) is 102 Å².